The Bertz CT molecular complexity index is 1150. The molecule has 0 atom stereocenters. The summed E-state index contributed by atoms with van der Waals surface area (Å²) in [5.41, 5.74) is 8.38. The van der Waals surface area contributed by atoms with E-state index in [1.54, 1.807) is 18.5 Å². The Morgan fingerprint density at radius 3 is 2.59 bits per heavy atom. The van der Waals surface area contributed by atoms with Crippen LogP contribution in [0.5, 0.6) is 5.75 Å². The highest BCUT2D eigenvalue weighted by Gasteiger charge is 2.41. The highest BCUT2D eigenvalue weighted by molar-refractivity contribution is 6.24. The third-order valence-corrected chi connectivity index (χ3v) is 7.01. The third-order valence-electron chi connectivity index (χ3n) is 7.01. The van der Waals surface area contributed by atoms with Crippen molar-refractivity contribution < 1.29 is 14.3 Å². The number of hydrogen-bond acceptors (Lipinski definition) is 7. The van der Waals surface area contributed by atoms with E-state index in [9.17, 15) is 9.59 Å². The number of hydrogen-bond donors (Lipinski definition) is 3. The number of anilines is 2. The molecule has 0 aliphatic carbocycles. The Labute approximate surface area is 198 Å². The fraction of sp³-hybridized carbons (Fsp3) is 0.440. The van der Waals surface area contributed by atoms with E-state index in [0.717, 1.165) is 55.9 Å². The molecule has 3 aliphatic heterocycles. The van der Waals surface area contributed by atoms with E-state index in [4.69, 9.17) is 10.5 Å². The van der Waals surface area contributed by atoms with E-state index in [0.29, 0.717) is 12.1 Å². The molecule has 4 N–H and O–H groups in total. The summed E-state index contributed by atoms with van der Waals surface area (Å²) in [6, 6.07) is 5.72. The van der Waals surface area contributed by atoms with Crippen LogP contribution in [0.1, 0.15) is 44.5 Å². The van der Waals surface area contributed by atoms with Crippen LogP contribution >= 0.6 is 0 Å². The molecule has 0 unspecified atom stereocenters. The minimum atomic E-state index is -0.368. The Kier molecular flexibility index (Phi) is 5.42. The summed E-state index contributed by atoms with van der Waals surface area (Å²) >= 11 is 0. The fourth-order valence-electron chi connectivity index (χ4n) is 5.21. The van der Waals surface area contributed by atoms with E-state index < -0.39 is 0 Å². The SMILES string of the molecule is CC1(C)Cc2cc(NC(=O)C(=CN)c3ncccn3)c(N3CCC4(CC3)CNC(=O)C4)cc2O1. The third kappa shape index (κ3) is 4.18. The lowest BCUT2D eigenvalue weighted by molar-refractivity contribution is -0.119. The van der Waals surface area contributed by atoms with Gasteiger partial charge in [-0.1, -0.05) is 0 Å². The lowest BCUT2D eigenvalue weighted by Gasteiger charge is -2.40. The molecule has 1 spiro atoms. The van der Waals surface area contributed by atoms with Gasteiger partial charge >= 0.3 is 0 Å². The number of carbonyl (C=O) groups is 2. The minimum Gasteiger partial charge on any atom is -0.487 e. The molecule has 0 saturated carbocycles. The Morgan fingerprint density at radius 1 is 1.21 bits per heavy atom. The molecule has 2 saturated heterocycles. The smallest absolute Gasteiger partial charge is 0.261 e. The maximum absolute atomic E-state index is 13.2. The zero-order chi connectivity index (χ0) is 23.9. The van der Waals surface area contributed by atoms with Crippen LogP contribution in [0.2, 0.25) is 0 Å². The maximum atomic E-state index is 13.2. The molecular weight excluding hydrogens is 432 g/mol. The lowest BCUT2D eigenvalue weighted by atomic mass is 9.77. The topological polar surface area (TPSA) is 122 Å². The summed E-state index contributed by atoms with van der Waals surface area (Å²) in [7, 11) is 0. The molecule has 4 heterocycles. The number of piperidine rings is 1. The summed E-state index contributed by atoms with van der Waals surface area (Å²) in [4.78, 5) is 35.6. The number of amides is 2. The number of ether oxygens (including phenoxy) is 1. The standard InChI is InChI=1S/C25H30N6O3/c1-24(2)12-16-10-18(30-23(33)17(14-26)22-27-6-3-7-28-22)19(11-20(16)34-24)31-8-4-25(5-9-31)13-21(32)29-15-25/h3,6-7,10-11,14H,4-5,8-9,12-13,15,26H2,1-2H3,(H,29,32)(H,30,33). The average molecular weight is 463 g/mol. The normalized spacial score (nSPS) is 20.6. The van der Waals surface area contributed by atoms with Gasteiger partial charge in [-0.05, 0) is 44.2 Å². The summed E-state index contributed by atoms with van der Waals surface area (Å²) in [6.45, 7) is 6.44. The maximum Gasteiger partial charge on any atom is 0.261 e. The van der Waals surface area contributed by atoms with Crippen LogP contribution in [-0.2, 0) is 16.0 Å². The number of fused-ring (bicyclic) bond motifs is 1. The average Bonchev–Trinajstić information content (AvgIpc) is 3.32. The van der Waals surface area contributed by atoms with Crippen molar-refractivity contribution in [3.05, 3.63) is 48.2 Å². The first-order chi connectivity index (χ1) is 16.3. The van der Waals surface area contributed by atoms with Crippen molar-refractivity contribution in [3.63, 3.8) is 0 Å². The molecule has 2 aromatic rings. The van der Waals surface area contributed by atoms with Gasteiger partial charge in [-0.25, -0.2) is 9.97 Å². The Hall–Kier alpha value is -3.62. The van der Waals surface area contributed by atoms with Crippen molar-refractivity contribution in [2.24, 2.45) is 11.1 Å². The number of benzene rings is 1. The molecule has 2 amide bonds. The first-order valence-electron chi connectivity index (χ1n) is 11.7. The van der Waals surface area contributed by atoms with Crippen molar-refractivity contribution in [2.75, 3.05) is 29.9 Å². The second-order valence-corrected chi connectivity index (χ2v) is 10.1. The largest absolute Gasteiger partial charge is 0.487 e. The summed E-state index contributed by atoms with van der Waals surface area (Å²) in [5, 5.41) is 6.04. The molecule has 2 fully saturated rings. The van der Waals surface area contributed by atoms with Crippen molar-refractivity contribution in [3.8, 4) is 5.75 Å². The van der Waals surface area contributed by atoms with Gasteiger partial charge in [0, 0.05) is 62.7 Å². The Balaban J connectivity index is 1.43. The van der Waals surface area contributed by atoms with Crippen molar-refractivity contribution in [2.45, 2.75) is 45.1 Å². The highest BCUT2D eigenvalue weighted by Crippen LogP contribution is 2.44. The molecule has 1 aromatic heterocycles. The van der Waals surface area contributed by atoms with E-state index in [1.807, 2.05) is 12.1 Å². The molecule has 5 rings (SSSR count). The first-order valence-corrected chi connectivity index (χ1v) is 11.7. The quantitative estimate of drug-likeness (QED) is 0.596. The number of aromatic nitrogens is 2. The van der Waals surface area contributed by atoms with E-state index in [-0.39, 0.29) is 34.2 Å². The van der Waals surface area contributed by atoms with Crippen LogP contribution < -0.4 is 26.0 Å². The molecule has 178 valence electrons. The minimum absolute atomic E-state index is 0.0340. The van der Waals surface area contributed by atoms with Gasteiger partial charge in [0.25, 0.3) is 5.91 Å². The second kappa shape index (κ2) is 8.30. The first kappa shape index (κ1) is 22.2. The van der Waals surface area contributed by atoms with Crippen LogP contribution in [-0.4, -0.2) is 47.0 Å². The van der Waals surface area contributed by atoms with Crippen LogP contribution in [0, 0.1) is 5.41 Å². The number of carbonyl (C=O) groups excluding carboxylic acids is 2. The van der Waals surface area contributed by atoms with Crippen LogP contribution in [0.4, 0.5) is 11.4 Å². The van der Waals surface area contributed by atoms with Gasteiger partial charge in [0.15, 0.2) is 5.82 Å². The van der Waals surface area contributed by atoms with Gasteiger partial charge in [0.1, 0.15) is 11.4 Å². The van der Waals surface area contributed by atoms with Crippen LogP contribution in [0.25, 0.3) is 5.57 Å². The lowest BCUT2D eigenvalue weighted by Crippen LogP contribution is -2.41. The van der Waals surface area contributed by atoms with Crippen LogP contribution in [0.15, 0.2) is 36.8 Å². The zero-order valence-corrected chi connectivity index (χ0v) is 19.6. The van der Waals surface area contributed by atoms with Gasteiger partial charge < -0.3 is 26.0 Å². The van der Waals surface area contributed by atoms with E-state index >= 15 is 0 Å². The molecule has 1 aromatic carbocycles. The van der Waals surface area contributed by atoms with Gasteiger partial charge in [-0.2, -0.15) is 0 Å². The number of nitrogens with two attached hydrogens (primary N) is 1. The second-order valence-electron chi connectivity index (χ2n) is 10.1. The predicted octanol–water partition coefficient (Wildman–Crippen LogP) is 2.23. The van der Waals surface area contributed by atoms with Gasteiger partial charge in [-0.3, -0.25) is 9.59 Å². The predicted molar refractivity (Wildman–Crippen MR) is 129 cm³/mol. The van der Waals surface area contributed by atoms with Crippen molar-refractivity contribution in [1.82, 2.24) is 15.3 Å². The monoisotopic (exact) mass is 462 g/mol. The van der Waals surface area contributed by atoms with E-state index in [1.165, 1.54) is 6.20 Å². The van der Waals surface area contributed by atoms with Gasteiger partial charge in [-0.15, -0.1) is 0 Å². The van der Waals surface area contributed by atoms with E-state index in [2.05, 4.69) is 39.3 Å². The van der Waals surface area contributed by atoms with Crippen LogP contribution in [0.3, 0.4) is 0 Å². The molecule has 9 heteroatoms. The molecule has 9 nitrogen and oxygen atoms in total. The molecule has 34 heavy (non-hydrogen) atoms. The summed E-state index contributed by atoms with van der Waals surface area (Å²) < 4.78 is 6.19. The molecular formula is C25H30N6O3. The molecule has 3 aliphatic rings. The number of rotatable bonds is 4. The van der Waals surface area contributed by atoms with Crippen molar-refractivity contribution in [1.29, 1.82) is 0 Å². The van der Waals surface area contributed by atoms with Gasteiger partial charge in [0.2, 0.25) is 5.91 Å². The highest BCUT2D eigenvalue weighted by atomic mass is 16.5. The summed E-state index contributed by atoms with van der Waals surface area (Å²) in [5.74, 6) is 0.885. The molecule has 0 radical (unpaired) electrons. The van der Waals surface area contributed by atoms with Crippen molar-refractivity contribution >= 4 is 28.8 Å². The summed E-state index contributed by atoms with van der Waals surface area (Å²) in [6.07, 6.45) is 7.55. The number of nitrogens with one attached hydrogen (secondary N) is 2. The number of nitrogens with zero attached hydrogens (tertiary/aromatic N) is 3. The Morgan fingerprint density at radius 2 is 1.94 bits per heavy atom. The zero-order valence-electron chi connectivity index (χ0n) is 19.6. The molecule has 0 bridgehead atoms. The fourth-order valence-corrected chi connectivity index (χ4v) is 5.21. The van der Waals surface area contributed by atoms with Gasteiger partial charge in [0.05, 0.1) is 16.9 Å².